The van der Waals surface area contributed by atoms with E-state index in [9.17, 15) is 6.85 Å². The highest BCUT2D eigenvalue weighted by molar-refractivity contribution is 5.99. The van der Waals surface area contributed by atoms with Crippen LogP contribution in [-0.4, -0.2) is 0 Å². The summed E-state index contributed by atoms with van der Waals surface area (Å²) >= 11 is 0. The quantitative estimate of drug-likeness (QED) is 0.188. The molecule has 1 heteroatoms. The Morgan fingerprint density at radius 3 is 1.80 bits per heavy atom. The second-order valence-corrected chi connectivity index (χ2v) is 10.6. The second kappa shape index (κ2) is 11.6. The molecule has 0 fully saturated rings. The summed E-state index contributed by atoms with van der Waals surface area (Å²) in [6, 6.07) is 31.8. The summed E-state index contributed by atoms with van der Waals surface area (Å²) in [6.07, 6.45) is 0. The van der Waals surface area contributed by atoms with Crippen molar-refractivity contribution in [1.82, 2.24) is 0 Å². The SMILES string of the molecule is [2H]c1c([2H])c(N(c2cccc(-c3ccc4ccccc4c3)c2)c2c([2H])c([2H])c([2H])c3c([2H])c([2H])c([2H])c([2H])c23)c([2H])c([2H])c1-c1ccc(-c2ccccc2)cc1. The van der Waals surface area contributed by atoms with E-state index in [1.807, 2.05) is 91.0 Å². The third kappa shape index (κ3) is 5.26. The first kappa shape index (κ1) is 17.4. The van der Waals surface area contributed by atoms with Gasteiger partial charge in [-0.15, -0.1) is 0 Å². The van der Waals surface area contributed by atoms with Crippen LogP contribution in [0, 0.1) is 0 Å². The first-order valence-electron chi connectivity index (χ1n) is 20.0. The van der Waals surface area contributed by atoms with Crippen molar-refractivity contribution in [3.05, 3.63) is 188 Å². The van der Waals surface area contributed by atoms with Gasteiger partial charge in [-0.05, 0) is 85.9 Å². The highest BCUT2D eigenvalue weighted by Crippen LogP contribution is 2.41. The van der Waals surface area contributed by atoms with E-state index in [2.05, 4.69) is 0 Å². The van der Waals surface area contributed by atoms with E-state index >= 15 is 0 Å². The Bertz CT molecular complexity index is 2840. The molecule has 212 valence electrons. The van der Waals surface area contributed by atoms with Gasteiger partial charge in [0.05, 0.1) is 20.8 Å². The zero-order chi connectivity index (χ0) is 39.6. The van der Waals surface area contributed by atoms with Crippen LogP contribution in [0.5, 0.6) is 0 Å². The van der Waals surface area contributed by atoms with Crippen LogP contribution in [-0.2, 0) is 0 Å². The van der Waals surface area contributed by atoms with Gasteiger partial charge in [-0.1, -0.05) is 151 Å². The summed E-state index contributed by atoms with van der Waals surface area (Å²) in [5.74, 6) is 0. The lowest BCUT2D eigenvalue weighted by atomic mass is 9.99. The third-order valence-electron chi connectivity index (χ3n) is 7.82. The molecule has 45 heavy (non-hydrogen) atoms. The number of hydrogen-bond acceptors (Lipinski definition) is 1. The topological polar surface area (TPSA) is 3.24 Å². The number of rotatable bonds is 6. The molecular formula is C44H31N. The molecule has 0 aliphatic carbocycles. The number of fused-ring (bicyclic) bond motifs is 2. The average molecular weight is 585 g/mol. The molecule has 0 radical (unpaired) electrons. The van der Waals surface area contributed by atoms with Crippen molar-refractivity contribution in [1.29, 1.82) is 0 Å². The molecule has 8 aromatic carbocycles. The maximum absolute atomic E-state index is 9.46. The minimum Gasteiger partial charge on any atom is -0.310 e. The zero-order valence-corrected chi connectivity index (χ0v) is 24.0. The van der Waals surface area contributed by atoms with Gasteiger partial charge in [0, 0.05) is 16.8 Å². The van der Waals surface area contributed by atoms with Crippen LogP contribution >= 0.6 is 0 Å². The molecule has 0 heterocycles. The standard InChI is InChI=1S/C44H31N/c1-2-10-32(11-3-1)34-20-22-35(23-21-34)36-26-28-41(29-27-36)45(44-19-9-15-37-13-6-7-18-43(37)44)42-17-8-16-39(31-42)40-25-24-33-12-4-5-14-38(33)30-40/h1-31H/i6D,7D,9D,13D,15D,18D,19D,26D,27D,28D,29D. The molecule has 0 aromatic heterocycles. The first-order valence-corrected chi connectivity index (χ1v) is 14.5. The van der Waals surface area contributed by atoms with Crippen molar-refractivity contribution in [3.63, 3.8) is 0 Å². The monoisotopic (exact) mass is 584 g/mol. The van der Waals surface area contributed by atoms with Crippen molar-refractivity contribution in [2.45, 2.75) is 0 Å². The lowest BCUT2D eigenvalue weighted by Crippen LogP contribution is -2.10. The number of anilines is 3. The van der Waals surface area contributed by atoms with Gasteiger partial charge in [-0.3, -0.25) is 0 Å². The first-order chi connectivity index (χ1) is 26.9. The van der Waals surface area contributed by atoms with Gasteiger partial charge in [-0.25, -0.2) is 0 Å². The fraction of sp³-hybridized carbons (Fsp3) is 0. The third-order valence-corrected chi connectivity index (χ3v) is 7.82. The van der Waals surface area contributed by atoms with E-state index in [-0.39, 0.29) is 45.5 Å². The van der Waals surface area contributed by atoms with Crippen LogP contribution in [0.3, 0.4) is 0 Å². The van der Waals surface area contributed by atoms with Crippen molar-refractivity contribution >= 4 is 38.6 Å². The van der Waals surface area contributed by atoms with E-state index < -0.39 is 54.4 Å². The summed E-state index contributed by atoms with van der Waals surface area (Å²) < 4.78 is 98.9. The Morgan fingerprint density at radius 2 is 0.978 bits per heavy atom. The van der Waals surface area contributed by atoms with Crippen LogP contribution in [0.15, 0.2) is 188 Å². The lowest BCUT2D eigenvalue weighted by molar-refractivity contribution is 1.30. The van der Waals surface area contributed by atoms with Crippen molar-refractivity contribution < 1.29 is 15.1 Å². The maximum atomic E-state index is 9.46. The van der Waals surface area contributed by atoms with Crippen molar-refractivity contribution in [2.75, 3.05) is 4.90 Å². The fourth-order valence-corrected chi connectivity index (χ4v) is 5.55. The summed E-state index contributed by atoms with van der Waals surface area (Å²) in [5.41, 5.74) is 3.57. The van der Waals surface area contributed by atoms with Gasteiger partial charge < -0.3 is 4.90 Å². The molecule has 0 bridgehead atoms. The predicted molar refractivity (Wildman–Crippen MR) is 192 cm³/mol. The molecule has 0 saturated heterocycles. The average Bonchev–Trinajstić information content (AvgIpc) is 3.23. The number of benzene rings is 8. The van der Waals surface area contributed by atoms with E-state index in [0.29, 0.717) is 11.1 Å². The largest absolute Gasteiger partial charge is 0.310 e. The van der Waals surface area contributed by atoms with E-state index in [0.717, 1.165) is 27.5 Å². The molecule has 0 saturated carbocycles. The molecule has 0 atom stereocenters. The normalized spacial score (nSPS) is 14.5. The van der Waals surface area contributed by atoms with Gasteiger partial charge in [0.2, 0.25) is 0 Å². The summed E-state index contributed by atoms with van der Waals surface area (Å²) in [4.78, 5) is 1.27. The van der Waals surface area contributed by atoms with Crippen LogP contribution in [0.1, 0.15) is 15.1 Å². The summed E-state index contributed by atoms with van der Waals surface area (Å²) in [7, 11) is 0. The highest BCUT2D eigenvalue weighted by atomic mass is 15.1. The van der Waals surface area contributed by atoms with E-state index in [1.165, 1.54) is 4.90 Å². The van der Waals surface area contributed by atoms with Crippen LogP contribution in [0.25, 0.3) is 54.9 Å². The Labute approximate surface area is 279 Å². The molecule has 0 N–H and O–H groups in total. The highest BCUT2D eigenvalue weighted by Gasteiger charge is 2.16. The van der Waals surface area contributed by atoms with Crippen LogP contribution in [0.2, 0.25) is 0 Å². The molecular weight excluding hydrogens is 542 g/mol. The van der Waals surface area contributed by atoms with Gasteiger partial charge in [0.25, 0.3) is 0 Å². The molecule has 0 amide bonds. The molecule has 8 aromatic rings. The molecule has 0 aliphatic heterocycles. The molecule has 8 rings (SSSR count). The van der Waals surface area contributed by atoms with Gasteiger partial charge in [-0.2, -0.15) is 0 Å². The smallest absolute Gasteiger partial charge is 0.0645 e. The van der Waals surface area contributed by atoms with Gasteiger partial charge in [0.1, 0.15) is 0 Å². The maximum Gasteiger partial charge on any atom is 0.0645 e. The van der Waals surface area contributed by atoms with Crippen LogP contribution < -0.4 is 4.90 Å². The minimum atomic E-state index is -0.626. The Hall–Kier alpha value is -5.92. The Balaban J connectivity index is 1.42. The fourth-order valence-electron chi connectivity index (χ4n) is 5.55. The molecule has 0 spiro atoms. The van der Waals surface area contributed by atoms with Gasteiger partial charge in [0.15, 0.2) is 0 Å². The minimum absolute atomic E-state index is 0.0498. The van der Waals surface area contributed by atoms with Gasteiger partial charge >= 0.3 is 0 Å². The van der Waals surface area contributed by atoms with Crippen LogP contribution in [0.4, 0.5) is 17.1 Å². The lowest BCUT2D eigenvalue weighted by Gasteiger charge is -2.27. The molecule has 0 aliphatic rings. The zero-order valence-electron chi connectivity index (χ0n) is 35.0. The summed E-state index contributed by atoms with van der Waals surface area (Å²) in [5, 5.41) is 1.47. The Kier molecular flexibility index (Phi) is 4.50. The Morgan fingerprint density at radius 1 is 0.356 bits per heavy atom. The number of hydrogen-bond donors (Lipinski definition) is 0. The van der Waals surface area contributed by atoms with Crippen molar-refractivity contribution in [2.24, 2.45) is 0 Å². The predicted octanol–water partition coefficient (Wildman–Crippen LogP) is 12.5. The molecule has 1 nitrogen and oxygen atoms in total. The second-order valence-electron chi connectivity index (χ2n) is 10.6. The van der Waals surface area contributed by atoms with E-state index in [4.69, 9.17) is 8.22 Å². The van der Waals surface area contributed by atoms with E-state index in [1.54, 1.807) is 30.3 Å². The van der Waals surface area contributed by atoms with Crippen molar-refractivity contribution in [3.8, 4) is 33.4 Å². The summed E-state index contributed by atoms with van der Waals surface area (Å²) in [6.45, 7) is 0. The number of nitrogens with zero attached hydrogens (tertiary/aromatic N) is 1. The molecule has 0 unspecified atom stereocenters.